The number of carbonyl (C=O) groups is 1. The summed E-state index contributed by atoms with van der Waals surface area (Å²) in [5.41, 5.74) is 5.74. The Kier molecular flexibility index (Phi) is 3.71. The molecule has 0 saturated carbocycles. The van der Waals surface area contributed by atoms with Crippen molar-refractivity contribution < 1.29 is 9.18 Å². The first-order chi connectivity index (χ1) is 13.0. The number of fused-ring (bicyclic) bond motifs is 3. The molecule has 0 spiro atoms. The van der Waals surface area contributed by atoms with Gasteiger partial charge in [-0.05, 0) is 28.8 Å². The van der Waals surface area contributed by atoms with E-state index < -0.39 is 35.1 Å². The second-order valence-corrected chi connectivity index (χ2v) is 6.73. The average molecular weight is 358 g/mol. The van der Waals surface area contributed by atoms with Gasteiger partial charge in [0.1, 0.15) is 11.9 Å². The third-order valence-corrected chi connectivity index (χ3v) is 5.48. The Morgan fingerprint density at radius 2 is 1.70 bits per heavy atom. The van der Waals surface area contributed by atoms with Crippen LogP contribution in [0.25, 0.3) is 6.08 Å². The van der Waals surface area contributed by atoms with Gasteiger partial charge in [0.05, 0.1) is 24.1 Å². The molecule has 0 aliphatic carbocycles. The maximum atomic E-state index is 14.7. The number of halogens is 1. The molecule has 1 saturated heterocycles. The van der Waals surface area contributed by atoms with Crippen molar-refractivity contribution in [3.8, 4) is 12.1 Å². The second-order valence-electron chi connectivity index (χ2n) is 6.73. The highest BCUT2D eigenvalue weighted by atomic mass is 19.1. The van der Waals surface area contributed by atoms with Crippen LogP contribution < -0.4 is 5.73 Å². The third kappa shape index (κ3) is 2.17. The highest BCUT2D eigenvalue weighted by molar-refractivity contribution is 5.83. The Morgan fingerprint density at radius 1 is 1.07 bits per heavy atom. The highest BCUT2D eigenvalue weighted by Crippen LogP contribution is 2.59. The summed E-state index contributed by atoms with van der Waals surface area (Å²) in [5.74, 6) is -2.29. The maximum Gasteiger partial charge on any atom is 0.240 e. The zero-order chi connectivity index (χ0) is 19.2. The van der Waals surface area contributed by atoms with E-state index in [1.54, 1.807) is 17.2 Å². The number of hydrogen-bond acceptors (Lipinski definition) is 4. The molecule has 1 fully saturated rings. The maximum absolute atomic E-state index is 14.7. The summed E-state index contributed by atoms with van der Waals surface area (Å²) >= 11 is 0. The quantitative estimate of drug-likeness (QED) is 0.893. The summed E-state index contributed by atoms with van der Waals surface area (Å²) < 4.78 is 14.7. The Labute approximate surface area is 155 Å². The molecule has 6 heteroatoms. The fraction of sp³-hybridized carbons (Fsp3) is 0.190. The Balaban J connectivity index is 2.04. The van der Waals surface area contributed by atoms with Gasteiger partial charge in [-0.3, -0.25) is 4.79 Å². The summed E-state index contributed by atoms with van der Waals surface area (Å²) in [6.07, 6.45) is 3.48. The van der Waals surface area contributed by atoms with E-state index in [-0.39, 0.29) is 5.56 Å². The summed E-state index contributed by atoms with van der Waals surface area (Å²) in [6, 6.07) is 15.8. The Hall–Kier alpha value is -3.64. The first-order valence-electron chi connectivity index (χ1n) is 8.46. The SMILES string of the molecule is N#CC1(C#N)[C@H](c2ccccc2F)[C@@H](C(N)=O)N2C=Cc3ccccc3[C@@H]21. The van der Waals surface area contributed by atoms with Crippen LogP contribution in [-0.2, 0) is 4.79 Å². The predicted molar refractivity (Wildman–Crippen MR) is 95.8 cm³/mol. The van der Waals surface area contributed by atoms with Crippen molar-refractivity contribution in [2.45, 2.75) is 18.0 Å². The predicted octanol–water partition coefficient (Wildman–Crippen LogP) is 2.84. The van der Waals surface area contributed by atoms with E-state index in [1.165, 1.54) is 18.2 Å². The molecule has 4 rings (SSSR count). The average Bonchev–Trinajstić information content (AvgIpc) is 2.99. The van der Waals surface area contributed by atoms with Crippen LogP contribution in [0, 0.1) is 33.9 Å². The molecule has 2 N–H and O–H groups in total. The summed E-state index contributed by atoms with van der Waals surface area (Å²) in [6.45, 7) is 0. The fourth-order valence-corrected chi connectivity index (χ4v) is 4.39. The van der Waals surface area contributed by atoms with Crippen LogP contribution in [0.15, 0.2) is 54.7 Å². The summed E-state index contributed by atoms with van der Waals surface area (Å²) in [5, 5.41) is 20.2. The number of nitrogens with zero attached hydrogens (tertiary/aromatic N) is 3. The number of rotatable bonds is 2. The summed E-state index contributed by atoms with van der Waals surface area (Å²) in [4.78, 5) is 14.0. The van der Waals surface area contributed by atoms with Gasteiger partial charge in [-0.15, -0.1) is 0 Å². The molecule has 0 unspecified atom stereocenters. The van der Waals surface area contributed by atoms with Crippen molar-refractivity contribution in [1.29, 1.82) is 10.5 Å². The highest BCUT2D eigenvalue weighted by Gasteiger charge is 2.64. The smallest absolute Gasteiger partial charge is 0.240 e. The van der Waals surface area contributed by atoms with Crippen LogP contribution in [-0.4, -0.2) is 16.8 Å². The van der Waals surface area contributed by atoms with Gasteiger partial charge in [-0.1, -0.05) is 42.5 Å². The number of amides is 1. The zero-order valence-corrected chi connectivity index (χ0v) is 14.2. The van der Waals surface area contributed by atoms with Crippen molar-refractivity contribution in [3.05, 3.63) is 77.2 Å². The van der Waals surface area contributed by atoms with Crippen molar-refractivity contribution in [2.75, 3.05) is 0 Å². The molecular formula is C21H15FN4O. The molecule has 132 valence electrons. The van der Waals surface area contributed by atoms with Crippen LogP contribution in [0.2, 0.25) is 0 Å². The second kappa shape index (κ2) is 5.96. The Morgan fingerprint density at radius 3 is 2.33 bits per heavy atom. The van der Waals surface area contributed by atoms with E-state index in [4.69, 9.17) is 5.73 Å². The number of benzene rings is 2. The molecule has 0 bridgehead atoms. The molecule has 2 aromatic rings. The number of nitrogens with two attached hydrogens (primary N) is 1. The standard InChI is InChI=1S/C21H15FN4O/c22-16-8-4-3-7-15(16)17-18(20(25)27)26-10-9-13-5-1-2-6-14(13)19(26)21(17,11-23)12-24/h1-10,17-19H,(H2,25,27)/t17-,18+,19-/m1/s1. The molecule has 2 aliphatic rings. The lowest BCUT2D eigenvalue weighted by molar-refractivity contribution is -0.122. The number of nitriles is 2. The van der Waals surface area contributed by atoms with Gasteiger partial charge in [0, 0.05) is 6.20 Å². The van der Waals surface area contributed by atoms with Crippen LogP contribution >= 0.6 is 0 Å². The van der Waals surface area contributed by atoms with Crippen molar-refractivity contribution >= 4 is 12.0 Å². The molecule has 2 aliphatic heterocycles. The van der Waals surface area contributed by atoms with Gasteiger partial charge in [0.15, 0.2) is 5.41 Å². The third-order valence-electron chi connectivity index (χ3n) is 5.48. The van der Waals surface area contributed by atoms with E-state index in [0.717, 1.165) is 11.1 Å². The monoisotopic (exact) mass is 358 g/mol. The van der Waals surface area contributed by atoms with Gasteiger partial charge in [0.2, 0.25) is 5.91 Å². The van der Waals surface area contributed by atoms with E-state index in [1.807, 2.05) is 30.3 Å². The largest absolute Gasteiger partial charge is 0.368 e. The zero-order valence-electron chi connectivity index (χ0n) is 14.2. The molecule has 0 radical (unpaired) electrons. The van der Waals surface area contributed by atoms with Crippen molar-refractivity contribution in [2.24, 2.45) is 11.1 Å². The number of primary amides is 1. The minimum Gasteiger partial charge on any atom is -0.368 e. The normalized spacial score (nSPS) is 24.4. The van der Waals surface area contributed by atoms with Crippen LogP contribution in [0.4, 0.5) is 4.39 Å². The van der Waals surface area contributed by atoms with E-state index in [2.05, 4.69) is 12.1 Å². The van der Waals surface area contributed by atoms with Gasteiger partial charge in [-0.2, -0.15) is 10.5 Å². The topological polar surface area (TPSA) is 93.9 Å². The molecule has 5 nitrogen and oxygen atoms in total. The molecule has 27 heavy (non-hydrogen) atoms. The molecule has 1 amide bonds. The van der Waals surface area contributed by atoms with Crippen molar-refractivity contribution in [3.63, 3.8) is 0 Å². The number of carbonyl (C=O) groups excluding carboxylic acids is 1. The molecular weight excluding hydrogens is 343 g/mol. The number of hydrogen-bond donors (Lipinski definition) is 1. The fourth-order valence-electron chi connectivity index (χ4n) is 4.39. The van der Waals surface area contributed by atoms with Gasteiger partial charge < -0.3 is 10.6 Å². The lowest BCUT2D eigenvalue weighted by Crippen LogP contribution is -2.42. The molecule has 2 aromatic carbocycles. The van der Waals surface area contributed by atoms with E-state index >= 15 is 0 Å². The Bertz CT molecular complexity index is 1030. The van der Waals surface area contributed by atoms with E-state index in [9.17, 15) is 19.7 Å². The first-order valence-corrected chi connectivity index (χ1v) is 8.46. The van der Waals surface area contributed by atoms with Crippen LogP contribution in [0.5, 0.6) is 0 Å². The van der Waals surface area contributed by atoms with Gasteiger partial charge in [0.25, 0.3) is 0 Å². The lowest BCUT2D eigenvalue weighted by Gasteiger charge is -2.34. The van der Waals surface area contributed by atoms with E-state index in [0.29, 0.717) is 0 Å². The van der Waals surface area contributed by atoms with Crippen LogP contribution in [0.1, 0.15) is 28.7 Å². The molecule has 3 atom stereocenters. The summed E-state index contributed by atoms with van der Waals surface area (Å²) in [7, 11) is 0. The molecule has 2 heterocycles. The minimum atomic E-state index is -1.68. The first kappa shape index (κ1) is 16.8. The lowest BCUT2D eigenvalue weighted by atomic mass is 9.68. The van der Waals surface area contributed by atoms with Crippen molar-refractivity contribution in [1.82, 2.24) is 4.90 Å². The van der Waals surface area contributed by atoms with Gasteiger partial charge >= 0.3 is 0 Å². The van der Waals surface area contributed by atoms with Gasteiger partial charge in [-0.25, -0.2) is 4.39 Å². The minimum absolute atomic E-state index is 0.143. The molecule has 0 aromatic heterocycles. The van der Waals surface area contributed by atoms with Crippen LogP contribution in [0.3, 0.4) is 0 Å².